The van der Waals surface area contributed by atoms with E-state index in [4.69, 9.17) is 10.5 Å². The molecule has 1 aliphatic rings. The van der Waals surface area contributed by atoms with Crippen LogP contribution in [0, 0.1) is 5.92 Å². The molecule has 0 aliphatic carbocycles. The number of hydrogen-bond acceptors (Lipinski definition) is 5. The Hall–Kier alpha value is -3.16. The molecule has 8 heteroatoms. The molecule has 34 heavy (non-hydrogen) atoms. The van der Waals surface area contributed by atoms with E-state index in [1.807, 2.05) is 38.2 Å². The van der Waals surface area contributed by atoms with Crippen LogP contribution in [0.3, 0.4) is 0 Å². The van der Waals surface area contributed by atoms with Crippen LogP contribution in [0.25, 0.3) is 0 Å². The predicted octanol–water partition coefficient (Wildman–Crippen LogP) is 5.25. The third kappa shape index (κ3) is 9.37. The zero-order valence-electron chi connectivity index (χ0n) is 20.9. The molecule has 0 aromatic carbocycles. The van der Waals surface area contributed by atoms with E-state index >= 15 is 0 Å². The zero-order chi connectivity index (χ0) is 25.7. The van der Waals surface area contributed by atoms with Crippen LogP contribution in [-0.2, 0) is 9.53 Å². The summed E-state index contributed by atoms with van der Waals surface area (Å²) in [4.78, 5) is 17.3. The molecule has 0 saturated carbocycles. The third-order valence-electron chi connectivity index (χ3n) is 5.31. The summed E-state index contributed by atoms with van der Waals surface area (Å²) in [6.07, 6.45) is 9.05. The summed E-state index contributed by atoms with van der Waals surface area (Å²) in [5.74, 6) is 0.321. The van der Waals surface area contributed by atoms with Gasteiger partial charge in [0.1, 0.15) is 11.5 Å². The number of ether oxygens (including phenoxy) is 1. The van der Waals surface area contributed by atoms with E-state index in [1.54, 1.807) is 20.1 Å². The Bertz CT molecular complexity index is 908. The number of carbonyl (C=O) groups excluding carboxylic acids is 1. The third-order valence-corrected chi connectivity index (χ3v) is 5.31. The Kier molecular flexibility index (Phi) is 12.6. The summed E-state index contributed by atoms with van der Waals surface area (Å²) < 4.78 is 31.2. The van der Waals surface area contributed by atoms with Gasteiger partial charge in [0.15, 0.2) is 0 Å². The Morgan fingerprint density at radius 2 is 2.03 bits per heavy atom. The number of carbonyl (C=O) groups is 1. The number of nitrogens with two attached hydrogens (primary N) is 1. The highest BCUT2D eigenvalue weighted by atomic mass is 19.3. The summed E-state index contributed by atoms with van der Waals surface area (Å²) in [5, 5.41) is 5.53. The number of amides is 1. The van der Waals surface area contributed by atoms with Crippen LogP contribution >= 0.6 is 0 Å². The molecule has 0 bridgehead atoms. The first kappa shape index (κ1) is 28.9. The molecule has 6 nitrogen and oxygen atoms in total. The minimum Gasteiger partial charge on any atom is -0.465 e. The number of allylic oxidation sites excluding steroid dienone is 7. The minimum atomic E-state index is -2.51. The first-order valence-corrected chi connectivity index (χ1v) is 11.5. The van der Waals surface area contributed by atoms with E-state index in [2.05, 4.69) is 29.1 Å². The van der Waals surface area contributed by atoms with Crippen LogP contribution < -0.4 is 16.4 Å². The van der Waals surface area contributed by atoms with E-state index in [0.29, 0.717) is 35.6 Å². The fourth-order valence-corrected chi connectivity index (χ4v) is 3.17. The molecule has 0 fully saturated rings. The van der Waals surface area contributed by atoms with Gasteiger partial charge in [-0.05, 0) is 57.8 Å². The number of aliphatic imine (C=N–C) groups is 1. The monoisotopic (exact) mass is 476 g/mol. The highest BCUT2D eigenvalue weighted by Crippen LogP contribution is 2.23. The standard InChI is InChI=1S/C26H38F2N4O2/c1-7-10-11-21(9-3)22(30-16-24(27)28)15-31-26(33)25(18(5)29)32-19(6)17(4)23-14-20(8-2)12-13-34-23/h7,10,12-14,20,24,30H,4,8-9,11,15-16,29H2,1-3,5-6H3,(H,31,33)/b10-7-,22-21?,25-18-,32-19?. The Morgan fingerprint density at radius 1 is 1.32 bits per heavy atom. The van der Waals surface area contributed by atoms with Crippen molar-refractivity contribution in [3.8, 4) is 0 Å². The fraction of sp³-hybridized carbons (Fsp3) is 0.462. The topological polar surface area (TPSA) is 88.7 Å². The van der Waals surface area contributed by atoms with Crippen molar-refractivity contribution in [2.24, 2.45) is 16.6 Å². The van der Waals surface area contributed by atoms with Gasteiger partial charge in [-0.2, -0.15) is 0 Å². The van der Waals surface area contributed by atoms with Gasteiger partial charge in [-0.3, -0.25) is 4.79 Å². The smallest absolute Gasteiger partial charge is 0.271 e. The van der Waals surface area contributed by atoms with Gasteiger partial charge in [0.25, 0.3) is 12.3 Å². The molecule has 1 atom stereocenters. The van der Waals surface area contributed by atoms with Crippen LogP contribution in [-0.4, -0.2) is 31.1 Å². The van der Waals surface area contributed by atoms with Gasteiger partial charge >= 0.3 is 0 Å². The fourth-order valence-electron chi connectivity index (χ4n) is 3.17. The lowest BCUT2D eigenvalue weighted by molar-refractivity contribution is -0.117. The second kappa shape index (κ2) is 14.9. The van der Waals surface area contributed by atoms with Crippen molar-refractivity contribution in [3.63, 3.8) is 0 Å². The zero-order valence-corrected chi connectivity index (χ0v) is 20.9. The molecular weight excluding hydrogens is 438 g/mol. The Morgan fingerprint density at radius 3 is 2.59 bits per heavy atom. The van der Waals surface area contributed by atoms with Crippen molar-refractivity contribution in [1.82, 2.24) is 10.6 Å². The molecule has 1 amide bonds. The number of rotatable bonds is 13. The van der Waals surface area contributed by atoms with Gasteiger partial charge in [-0.15, -0.1) is 0 Å². The Labute approximate surface area is 202 Å². The van der Waals surface area contributed by atoms with Crippen molar-refractivity contribution in [2.45, 2.75) is 60.3 Å². The van der Waals surface area contributed by atoms with Crippen LogP contribution in [0.1, 0.15) is 53.9 Å². The van der Waals surface area contributed by atoms with Crippen LogP contribution in [0.4, 0.5) is 8.78 Å². The average molecular weight is 477 g/mol. The summed E-state index contributed by atoms with van der Waals surface area (Å²) in [7, 11) is 0. The molecule has 188 valence electrons. The SMILES string of the molecule is C=C(C1=CC(CC)C=CO1)C(C)=N/C(C(=O)NCC(NCC(F)F)=C(CC)C/C=C\C)=C(/C)N. The number of nitrogens with one attached hydrogen (secondary N) is 2. The maximum atomic E-state index is 12.9. The van der Waals surface area contributed by atoms with Crippen LogP contribution in [0.5, 0.6) is 0 Å². The van der Waals surface area contributed by atoms with Crippen molar-refractivity contribution < 1.29 is 18.3 Å². The summed E-state index contributed by atoms with van der Waals surface area (Å²) in [6, 6.07) is 0. The summed E-state index contributed by atoms with van der Waals surface area (Å²) >= 11 is 0. The maximum absolute atomic E-state index is 12.9. The molecule has 0 aromatic heterocycles. The van der Waals surface area contributed by atoms with Gasteiger partial charge < -0.3 is 21.1 Å². The van der Waals surface area contributed by atoms with E-state index in [9.17, 15) is 13.6 Å². The highest BCUT2D eigenvalue weighted by molar-refractivity contribution is 6.05. The van der Waals surface area contributed by atoms with Crippen molar-refractivity contribution >= 4 is 11.6 Å². The molecule has 4 N–H and O–H groups in total. The second-order valence-corrected chi connectivity index (χ2v) is 7.92. The van der Waals surface area contributed by atoms with Crippen LogP contribution in [0.2, 0.25) is 0 Å². The van der Waals surface area contributed by atoms with Gasteiger partial charge in [0, 0.05) is 28.6 Å². The first-order valence-electron chi connectivity index (χ1n) is 11.5. The molecular formula is C26H38F2N4O2. The molecule has 0 spiro atoms. The van der Waals surface area contributed by atoms with Crippen molar-refractivity contribution in [1.29, 1.82) is 0 Å². The van der Waals surface area contributed by atoms with Crippen LogP contribution in [0.15, 0.2) is 76.1 Å². The number of nitrogens with zero attached hydrogens (tertiary/aromatic N) is 1. The normalized spacial score (nSPS) is 17.7. The van der Waals surface area contributed by atoms with E-state index in [-0.39, 0.29) is 23.9 Å². The predicted molar refractivity (Wildman–Crippen MR) is 135 cm³/mol. The first-order chi connectivity index (χ1) is 16.1. The van der Waals surface area contributed by atoms with Gasteiger partial charge in [-0.25, -0.2) is 13.8 Å². The lowest BCUT2D eigenvalue weighted by Crippen LogP contribution is -2.34. The van der Waals surface area contributed by atoms with Crippen molar-refractivity contribution in [2.75, 3.05) is 13.1 Å². The number of hydrogen-bond donors (Lipinski definition) is 3. The number of alkyl halides is 2. The average Bonchev–Trinajstić information content (AvgIpc) is 2.82. The highest BCUT2D eigenvalue weighted by Gasteiger charge is 2.17. The lowest BCUT2D eigenvalue weighted by atomic mass is 10.0. The molecule has 1 heterocycles. The van der Waals surface area contributed by atoms with Gasteiger partial charge in [-0.1, -0.05) is 32.6 Å². The van der Waals surface area contributed by atoms with Gasteiger partial charge in [0.2, 0.25) is 0 Å². The van der Waals surface area contributed by atoms with E-state index < -0.39 is 18.9 Å². The molecule has 0 radical (unpaired) electrons. The summed E-state index contributed by atoms with van der Waals surface area (Å²) in [5.41, 5.74) is 8.75. The minimum absolute atomic E-state index is 0.0392. The molecule has 0 aromatic rings. The maximum Gasteiger partial charge on any atom is 0.271 e. The second-order valence-electron chi connectivity index (χ2n) is 7.92. The summed E-state index contributed by atoms with van der Waals surface area (Å²) in [6.45, 7) is 12.8. The lowest BCUT2D eigenvalue weighted by Gasteiger charge is -2.18. The Balaban J connectivity index is 3.06. The quantitative estimate of drug-likeness (QED) is 0.192. The van der Waals surface area contributed by atoms with E-state index in [1.165, 1.54) is 0 Å². The molecule has 0 saturated heterocycles. The number of halogens is 2. The molecule has 1 aliphatic heterocycles. The van der Waals surface area contributed by atoms with E-state index in [0.717, 1.165) is 12.0 Å². The largest absolute Gasteiger partial charge is 0.465 e. The molecule has 1 unspecified atom stereocenters. The van der Waals surface area contributed by atoms with Crippen molar-refractivity contribution in [3.05, 3.63) is 71.1 Å². The molecule has 1 rings (SSSR count). The van der Waals surface area contributed by atoms with Gasteiger partial charge in [0.05, 0.1) is 19.4 Å².